The third kappa shape index (κ3) is 2.78. The van der Waals surface area contributed by atoms with Crippen LogP contribution in [0.5, 0.6) is 0 Å². The minimum atomic E-state index is -0.745. The van der Waals surface area contributed by atoms with E-state index in [9.17, 15) is 14.7 Å². The minimum Gasteiger partial charge on any atom is -0.481 e. The molecule has 0 radical (unpaired) electrons. The van der Waals surface area contributed by atoms with E-state index in [1.165, 1.54) is 0 Å². The van der Waals surface area contributed by atoms with Gasteiger partial charge in [-0.15, -0.1) is 0 Å². The third-order valence-electron chi connectivity index (χ3n) is 3.95. The molecule has 2 rings (SSSR count). The number of Topliss-reactive ketones (excluding diaryl/α,β-unsaturated/α-hetero) is 1. The summed E-state index contributed by atoms with van der Waals surface area (Å²) in [5.41, 5.74) is 0.471. The molecule has 3 heteroatoms. The molecule has 0 heterocycles. The normalized spacial score (nSPS) is 18.6. The number of rotatable bonds is 4. The SMILES string of the molecule is O=C1CCC(CCc2ccccc2)(C(=O)O)CC1. The van der Waals surface area contributed by atoms with E-state index in [0.717, 1.165) is 12.0 Å². The van der Waals surface area contributed by atoms with Gasteiger partial charge in [0.25, 0.3) is 0 Å². The second-order valence-electron chi connectivity index (χ2n) is 5.11. The number of carboxylic acids is 1. The maximum Gasteiger partial charge on any atom is 0.309 e. The molecule has 0 atom stereocenters. The van der Waals surface area contributed by atoms with Crippen molar-refractivity contribution >= 4 is 11.8 Å². The monoisotopic (exact) mass is 246 g/mol. The Balaban J connectivity index is 2.03. The van der Waals surface area contributed by atoms with Crippen molar-refractivity contribution in [2.45, 2.75) is 38.5 Å². The summed E-state index contributed by atoms with van der Waals surface area (Å²) in [5.74, 6) is -0.544. The summed E-state index contributed by atoms with van der Waals surface area (Å²) in [6, 6.07) is 9.92. The molecule has 0 aromatic heterocycles. The van der Waals surface area contributed by atoms with E-state index >= 15 is 0 Å². The van der Waals surface area contributed by atoms with E-state index in [2.05, 4.69) is 0 Å². The molecule has 0 amide bonds. The van der Waals surface area contributed by atoms with Crippen molar-refractivity contribution in [1.29, 1.82) is 0 Å². The van der Waals surface area contributed by atoms with Gasteiger partial charge in [0.15, 0.2) is 0 Å². The molecule has 1 aromatic rings. The zero-order valence-corrected chi connectivity index (χ0v) is 10.4. The van der Waals surface area contributed by atoms with Crippen LogP contribution in [0.2, 0.25) is 0 Å². The van der Waals surface area contributed by atoms with Crippen LogP contribution in [0, 0.1) is 5.41 Å². The standard InChI is InChI=1S/C15H18O3/c16-13-7-10-15(11-8-13,14(17)18)9-6-12-4-2-1-3-5-12/h1-5H,6-11H2,(H,17,18). The van der Waals surface area contributed by atoms with Crippen LogP contribution in [-0.4, -0.2) is 16.9 Å². The van der Waals surface area contributed by atoms with E-state index in [-0.39, 0.29) is 5.78 Å². The summed E-state index contributed by atoms with van der Waals surface area (Å²) < 4.78 is 0. The number of carbonyl (C=O) groups is 2. The number of carbonyl (C=O) groups excluding carboxylic acids is 1. The van der Waals surface area contributed by atoms with Crippen LogP contribution in [0.3, 0.4) is 0 Å². The Morgan fingerprint density at radius 1 is 1.17 bits per heavy atom. The predicted molar refractivity (Wildman–Crippen MR) is 68.3 cm³/mol. The summed E-state index contributed by atoms with van der Waals surface area (Å²) in [7, 11) is 0. The van der Waals surface area contributed by atoms with Crippen molar-refractivity contribution < 1.29 is 14.7 Å². The van der Waals surface area contributed by atoms with Gasteiger partial charge in [-0.2, -0.15) is 0 Å². The van der Waals surface area contributed by atoms with Crippen LogP contribution in [0.1, 0.15) is 37.7 Å². The molecular formula is C15H18O3. The topological polar surface area (TPSA) is 54.4 Å². The van der Waals surface area contributed by atoms with Gasteiger partial charge in [-0.05, 0) is 31.2 Å². The molecule has 0 spiro atoms. The van der Waals surface area contributed by atoms with Crippen LogP contribution in [-0.2, 0) is 16.0 Å². The first-order valence-corrected chi connectivity index (χ1v) is 6.41. The van der Waals surface area contributed by atoms with Crippen molar-refractivity contribution in [1.82, 2.24) is 0 Å². The Hall–Kier alpha value is -1.64. The van der Waals surface area contributed by atoms with Gasteiger partial charge in [-0.3, -0.25) is 9.59 Å². The fourth-order valence-electron chi connectivity index (χ4n) is 2.61. The van der Waals surface area contributed by atoms with Crippen LogP contribution < -0.4 is 0 Å². The van der Waals surface area contributed by atoms with E-state index in [0.29, 0.717) is 32.1 Å². The molecule has 1 aliphatic rings. The largest absolute Gasteiger partial charge is 0.481 e. The molecule has 1 aromatic carbocycles. The quantitative estimate of drug-likeness (QED) is 0.888. The molecule has 0 saturated heterocycles. The van der Waals surface area contributed by atoms with Gasteiger partial charge in [0.1, 0.15) is 5.78 Å². The molecule has 1 aliphatic carbocycles. The minimum absolute atomic E-state index is 0.201. The van der Waals surface area contributed by atoms with Crippen molar-refractivity contribution in [2.24, 2.45) is 5.41 Å². The Kier molecular flexibility index (Phi) is 3.80. The molecule has 0 aliphatic heterocycles. The van der Waals surface area contributed by atoms with Gasteiger partial charge in [-0.25, -0.2) is 0 Å². The fourth-order valence-corrected chi connectivity index (χ4v) is 2.61. The lowest BCUT2D eigenvalue weighted by atomic mass is 9.70. The first-order chi connectivity index (χ1) is 8.62. The molecular weight excluding hydrogens is 228 g/mol. The molecule has 1 saturated carbocycles. The summed E-state index contributed by atoms with van der Waals surface area (Å²) >= 11 is 0. The van der Waals surface area contributed by atoms with E-state index in [4.69, 9.17) is 0 Å². The van der Waals surface area contributed by atoms with Crippen molar-refractivity contribution in [3.05, 3.63) is 35.9 Å². The Morgan fingerprint density at radius 2 is 1.78 bits per heavy atom. The lowest BCUT2D eigenvalue weighted by molar-refractivity contribution is -0.152. The summed E-state index contributed by atoms with van der Waals surface area (Å²) in [6.07, 6.45) is 3.21. The van der Waals surface area contributed by atoms with E-state index in [1.54, 1.807) is 0 Å². The van der Waals surface area contributed by atoms with Crippen molar-refractivity contribution in [3.8, 4) is 0 Å². The summed E-state index contributed by atoms with van der Waals surface area (Å²) in [6.45, 7) is 0. The lowest BCUT2D eigenvalue weighted by Crippen LogP contribution is -2.36. The number of hydrogen-bond donors (Lipinski definition) is 1. The first kappa shape index (κ1) is 12.8. The molecule has 1 fully saturated rings. The average molecular weight is 246 g/mol. The number of aryl methyl sites for hydroxylation is 1. The predicted octanol–water partition coefficient (Wildman–Crippen LogP) is 2.83. The van der Waals surface area contributed by atoms with Crippen molar-refractivity contribution in [2.75, 3.05) is 0 Å². The fraction of sp³-hybridized carbons (Fsp3) is 0.467. The maximum absolute atomic E-state index is 11.5. The van der Waals surface area contributed by atoms with Crippen LogP contribution in [0.4, 0.5) is 0 Å². The van der Waals surface area contributed by atoms with E-state index < -0.39 is 11.4 Å². The lowest BCUT2D eigenvalue weighted by Gasteiger charge is -2.32. The van der Waals surface area contributed by atoms with Crippen LogP contribution in [0.25, 0.3) is 0 Å². The Bertz CT molecular complexity index is 426. The smallest absolute Gasteiger partial charge is 0.309 e. The number of hydrogen-bond acceptors (Lipinski definition) is 2. The summed E-state index contributed by atoms with van der Waals surface area (Å²) in [4.78, 5) is 22.7. The molecule has 0 unspecified atom stereocenters. The highest BCUT2D eigenvalue weighted by Gasteiger charge is 2.40. The zero-order valence-electron chi connectivity index (χ0n) is 10.4. The van der Waals surface area contributed by atoms with Gasteiger partial charge in [0.2, 0.25) is 0 Å². The number of benzene rings is 1. The van der Waals surface area contributed by atoms with Gasteiger partial charge < -0.3 is 5.11 Å². The molecule has 3 nitrogen and oxygen atoms in total. The zero-order chi connectivity index (χ0) is 13.0. The first-order valence-electron chi connectivity index (χ1n) is 6.41. The number of ketones is 1. The molecule has 96 valence electrons. The van der Waals surface area contributed by atoms with Gasteiger partial charge in [0, 0.05) is 12.8 Å². The van der Waals surface area contributed by atoms with Gasteiger partial charge in [-0.1, -0.05) is 30.3 Å². The molecule has 1 N–H and O–H groups in total. The van der Waals surface area contributed by atoms with Crippen LogP contribution in [0.15, 0.2) is 30.3 Å². The second kappa shape index (κ2) is 5.34. The maximum atomic E-state index is 11.5. The number of carboxylic acid groups (broad SMARTS) is 1. The summed E-state index contributed by atoms with van der Waals surface area (Å²) in [5, 5.41) is 9.44. The molecule has 0 bridgehead atoms. The number of aliphatic carboxylic acids is 1. The molecule has 18 heavy (non-hydrogen) atoms. The highest BCUT2D eigenvalue weighted by Crippen LogP contribution is 2.39. The Morgan fingerprint density at radius 3 is 2.33 bits per heavy atom. The second-order valence-corrected chi connectivity index (χ2v) is 5.11. The van der Waals surface area contributed by atoms with Gasteiger partial charge in [0.05, 0.1) is 5.41 Å². The third-order valence-corrected chi connectivity index (χ3v) is 3.95. The Labute approximate surface area is 107 Å². The van der Waals surface area contributed by atoms with Crippen LogP contribution >= 0.6 is 0 Å². The average Bonchev–Trinajstić information content (AvgIpc) is 2.39. The van der Waals surface area contributed by atoms with E-state index in [1.807, 2.05) is 30.3 Å². The highest BCUT2D eigenvalue weighted by atomic mass is 16.4. The van der Waals surface area contributed by atoms with Gasteiger partial charge >= 0.3 is 5.97 Å². The van der Waals surface area contributed by atoms with Crippen molar-refractivity contribution in [3.63, 3.8) is 0 Å². The highest BCUT2D eigenvalue weighted by molar-refractivity contribution is 5.83.